The average Bonchev–Trinajstić information content (AvgIpc) is 3.13. The number of nitrogens with zero attached hydrogens (tertiary/aromatic N) is 4. The quantitative estimate of drug-likeness (QED) is 0.761. The summed E-state index contributed by atoms with van der Waals surface area (Å²) in [5.41, 5.74) is 5.30. The highest BCUT2D eigenvalue weighted by Gasteiger charge is 2.59. The summed E-state index contributed by atoms with van der Waals surface area (Å²) in [4.78, 5) is 17.2. The van der Waals surface area contributed by atoms with Crippen molar-refractivity contribution in [2.45, 2.75) is 37.3 Å². The molecule has 140 valence electrons. The number of anilines is 1. The van der Waals surface area contributed by atoms with Gasteiger partial charge in [-0.15, -0.1) is 0 Å². The van der Waals surface area contributed by atoms with Gasteiger partial charge in [0.1, 0.15) is 23.8 Å². The summed E-state index contributed by atoms with van der Waals surface area (Å²) in [7, 11) is 0. The van der Waals surface area contributed by atoms with Crippen LogP contribution in [0.15, 0.2) is 27.8 Å². The first-order valence-electron chi connectivity index (χ1n) is 8.07. The Bertz CT molecular complexity index is 870. The van der Waals surface area contributed by atoms with Crippen molar-refractivity contribution in [3.8, 4) is 0 Å². The molecule has 2 aromatic heterocycles. The lowest BCUT2D eigenvalue weighted by Crippen LogP contribution is -2.44. The molecule has 1 fully saturated rings. The Morgan fingerprint density at radius 1 is 1.46 bits per heavy atom. The number of nitrogen functional groups attached to an aromatic ring is 1. The molecule has 26 heavy (non-hydrogen) atoms. The van der Waals surface area contributed by atoms with Gasteiger partial charge in [0.25, 0.3) is 0 Å². The minimum Gasteiger partial charge on any atom is -0.384 e. The molecule has 0 bridgehead atoms. The van der Waals surface area contributed by atoms with Crippen molar-refractivity contribution in [2.75, 3.05) is 18.8 Å². The molecule has 0 unspecified atom stereocenters. The molecule has 0 spiro atoms. The zero-order valence-corrected chi connectivity index (χ0v) is 13.6. The predicted molar refractivity (Wildman–Crippen MR) is 83.3 cm³/mol. The molecule has 0 saturated carbocycles. The van der Waals surface area contributed by atoms with Gasteiger partial charge in [-0.05, 0) is 6.07 Å². The number of aromatic nitrogens is 3. The molecule has 0 aliphatic carbocycles. The van der Waals surface area contributed by atoms with Crippen molar-refractivity contribution in [3.05, 3.63) is 40.3 Å². The number of ether oxygens (including phenoxy) is 1. The molecule has 3 atom stereocenters. The molecule has 9 nitrogen and oxygen atoms in total. The summed E-state index contributed by atoms with van der Waals surface area (Å²) in [5, 5.41) is 13.8. The van der Waals surface area contributed by atoms with Crippen LogP contribution in [0.3, 0.4) is 0 Å². The molecule has 2 aliphatic rings. The van der Waals surface area contributed by atoms with Crippen LogP contribution < -0.4 is 11.4 Å². The second kappa shape index (κ2) is 6.11. The molecule has 2 aliphatic heterocycles. The highest BCUT2D eigenvalue weighted by molar-refractivity contribution is 5.23. The van der Waals surface area contributed by atoms with E-state index in [4.69, 9.17) is 15.0 Å². The number of hydrogen-bond donors (Lipinski definition) is 2. The lowest BCUT2D eigenvalue weighted by Gasteiger charge is -2.28. The monoisotopic (exact) mass is 369 g/mol. The van der Waals surface area contributed by atoms with Crippen LogP contribution in [0.2, 0.25) is 0 Å². The average molecular weight is 369 g/mol. The van der Waals surface area contributed by atoms with Gasteiger partial charge >= 0.3 is 11.6 Å². The van der Waals surface area contributed by atoms with Crippen LogP contribution >= 0.6 is 0 Å². The first kappa shape index (κ1) is 17.1. The number of aliphatic hydroxyl groups excluding tert-OH is 1. The van der Waals surface area contributed by atoms with Gasteiger partial charge in [0.05, 0.1) is 6.20 Å². The van der Waals surface area contributed by atoms with E-state index in [1.54, 1.807) is 6.20 Å². The first-order chi connectivity index (χ1) is 12.4. The molecular weight excluding hydrogens is 352 g/mol. The third-order valence-corrected chi connectivity index (χ3v) is 4.70. The van der Waals surface area contributed by atoms with Crippen LogP contribution in [0.1, 0.15) is 17.6 Å². The number of aliphatic hydroxyl groups is 1. The third-order valence-electron chi connectivity index (χ3n) is 4.70. The van der Waals surface area contributed by atoms with Crippen molar-refractivity contribution in [2.24, 2.45) is 0 Å². The van der Waals surface area contributed by atoms with Crippen LogP contribution in [-0.2, 0) is 17.7 Å². The maximum absolute atomic E-state index is 14.5. The number of rotatable bonds is 3. The Labute approximate surface area is 146 Å². The minimum absolute atomic E-state index is 0.0784. The molecule has 3 N–H and O–H groups in total. The van der Waals surface area contributed by atoms with Crippen molar-refractivity contribution in [3.63, 3.8) is 0 Å². The van der Waals surface area contributed by atoms with Gasteiger partial charge in [-0.2, -0.15) is 13.8 Å². The molecule has 0 radical (unpaired) electrons. The van der Waals surface area contributed by atoms with E-state index in [-0.39, 0.29) is 12.4 Å². The van der Waals surface area contributed by atoms with Gasteiger partial charge in [-0.1, -0.05) is 5.16 Å². The van der Waals surface area contributed by atoms with E-state index in [9.17, 15) is 18.7 Å². The van der Waals surface area contributed by atoms with Crippen molar-refractivity contribution in [1.29, 1.82) is 0 Å². The molecule has 1 saturated heterocycles. The van der Waals surface area contributed by atoms with Gasteiger partial charge in [-0.25, -0.2) is 4.79 Å². The highest BCUT2D eigenvalue weighted by Crippen LogP contribution is 2.42. The summed E-state index contributed by atoms with van der Waals surface area (Å²) in [5.74, 6) is -2.95. The van der Waals surface area contributed by atoms with Crippen LogP contribution in [0.5, 0.6) is 0 Å². The van der Waals surface area contributed by atoms with Crippen LogP contribution in [0.25, 0.3) is 0 Å². The molecule has 4 rings (SSSR count). The lowest BCUT2D eigenvalue weighted by molar-refractivity contribution is -0.140. The number of fused-ring (bicyclic) bond motifs is 1. The number of halogens is 2. The van der Waals surface area contributed by atoms with E-state index in [1.807, 2.05) is 4.90 Å². The van der Waals surface area contributed by atoms with Gasteiger partial charge in [-0.3, -0.25) is 9.47 Å². The predicted octanol–water partition coefficient (Wildman–Crippen LogP) is -0.235. The normalized spacial score (nSPS) is 28.2. The Morgan fingerprint density at radius 3 is 3.04 bits per heavy atom. The fraction of sp³-hybridized carbons (Fsp3) is 0.533. The second-order valence-electron chi connectivity index (χ2n) is 6.45. The fourth-order valence-electron chi connectivity index (χ4n) is 3.33. The summed E-state index contributed by atoms with van der Waals surface area (Å²) in [6.45, 7) is 1.11. The molecule has 2 aromatic rings. The molecular formula is C15H17F2N5O4. The number of alkyl halides is 2. The van der Waals surface area contributed by atoms with Crippen LogP contribution in [-0.4, -0.2) is 55.9 Å². The van der Waals surface area contributed by atoms with E-state index in [2.05, 4.69) is 10.1 Å². The summed E-state index contributed by atoms with van der Waals surface area (Å²) < 4.78 is 40.2. The van der Waals surface area contributed by atoms with E-state index in [0.717, 1.165) is 17.5 Å². The summed E-state index contributed by atoms with van der Waals surface area (Å²) >= 11 is 0. The topological polar surface area (TPSA) is 120 Å². The van der Waals surface area contributed by atoms with Gasteiger partial charge in [0.2, 0.25) is 6.23 Å². The highest BCUT2D eigenvalue weighted by atomic mass is 19.3. The van der Waals surface area contributed by atoms with Gasteiger partial charge < -0.3 is 20.1 Å². The summed E-state index contributed by atoms with van der Waals surface area (Å²) in [6, 6.07) is 1.22. The molecule has 11 heteroatoms. The SMILES string of the molecule is Nc1ccn([C@@H]2O[C@H](CN3CCc4oncc4C3)[C@@H](O)C2(F)F)c(=O)n1. The van der Waals surface area contributed by atoms with Crippen molar-refractivity contribution >= 4 is 5.82 Å². The standard InChI is InChI=1S/C15H17F2N5O4/c16-15(17)12(23)10(7-21-3-1-9-8(6-21)5-19-26-9)25-13(15)22-4-2-11(18)20-14(22)24/h2,4-5,10,12-13,23H,1,3,6-7H2,(H2,18,20,24)/t10-,12-,13-/m1/s1. The number of hydrogen-bond acceptors (Lipinski definition) is 8. The largest absolute Gasteiger partial charge is 0.384 e. The zero-order chi connectivity index (χ0) is 18.5. The first-order valence-corrected chi connectivity index (χ1v) is 8.07. The molecule has 0 amide bonds. The fourth-order valence-corrected chi connectivity index (χ4v) is 3.33. The van der Waals surface area contributed by atoms with E-state index >= 15 is 0 Å². The third kappa shape index (κ3) is 2.77. The number of nitrogens with two attached hydrogens (primary N) is 1. The maximum atomic E-state index is 14.5. The minimum atomic E-state index is -3.65. The molecule has 4 heterocycles. The van der Waals surface area contributed by atoms with E-state index in [1.165, 1.54) is 6.07 Å². The Balaban J connectivity index is 1.53. The van der Waals surface area contributed by atoms with Crippen molar-refractivity contribution in [1.82, 2.24) is 19.6 Å². The van der Waals surface area contributed by atoms with Gasteiger partial charge in [0, 0.05) is 37.8 Å². The lowest BCUT2D eigenvalue weighted by atomic mass is 10.1. The smallest absolute Gasteiger partial charge is 0.351 e. The summed E-state index contributed by atoms with van der Waals surface area (Å²) in [6.07, 6.45) is -1.90. The Hall–Kier alpha value is -2.37. The zero-order valence-electron chi connectivity index (χ0n) is 13.6. The van der Waals surface area contributed by atoms with Crippen molar-refractivity contribution < 1.29 is 23.1 Å². The van der Waals surface area contributed by atoms with Gasteiger partial charge in [0.15, 0.2) is 0 Å². The van der Waals surface area contributed by atoms with Crippen LogP contribution in [0, 0.1) is 0 Å². The second-order valence-corrected chi connectivity index (χ2v) is 6.45. The molecule has 0 aromatic carbocycles. The van der Waals surface area contributed by atoms with E-state index < -0.39 is 30.0 Å². The Morgan fingerprint density at radius 2 is 2.27 bits per heavy atom. The maximum Gasteiger partial charge on any atom is 0.351 e. The van der Waals surface area contributed by atoms with Crippen LogP contribution in [0.4, 0.5) is 14.6 Å². The van der Waals surface area contributed by atoms with E-state index in [0.29, 0.717) is 24.1 Å². The Kier molecular flexibility index (Phi) is 4.01.